The van der Waals surface area contributed by atoms with Crippen LogP contribution in [0.15, 0.2) is 0 Å². The van der Waals surface area contributed by atoms with Crippen LogP contribution in [0.4, 0.5) is 0 Å². The van der Waals surface area contributed by atoms with E-state index in [0.29, 0.717) is 25.7 Å². The first-order valence-electron chi connectivity index (χ1n) is 38.7. The number of esters is 4. The first-order chi connectivity index (χ1) is 45.1. The summed E-state index contributed by atoms with van der Waals surface area (Å²) in [6, 6.07) is 0. The molecule has 3 N–H and O–H groups in total. The van der Waals surface area contributed by atoms with Crippen molar-refractivity contribution in [2.24, 2.45) is 23.7 Å². The Bertz CT molecular complexity index is 1850. The van der Waals surface area contributed by atoms with Crippen LogP contribution in [0.1, 0.15) is 376 Å². The third kappa shape index (κ3) is 67.3. The number of phosphoric ester groups is 2. The number of carbonyl (C=O) groups is 4. The fraction of sp³-hybridized carbons (Fsp3) is 0.947. The molecule has 0 heterocycles. The minimum atomic E-state index is -4.96. The lowest BCUT2D eigenvalue weighted by molar-refractivity contribution is -0.161. The van der Waals surface area contributed by atoms with Crippen molar-refractivity contribution in [2.75, 3.05) is 39.6 Å². The van der Waals surface area contributed by atoms with Crippen LogP contribution >= 0.6 is 15.6 Å². The van der Waals surface area contributed by atoms with E-state index in [4.69, 9.17) is 37.0 Å². The van der Waals surface area contributed by atoms with Gasteiger partial charge in [-0.3, -0.25) is 37.3 Å². The highest BCUT2D eigenvalue weighted by molar-refractivity contribution is 7.47. The van der Waals surface area contributed by atoms with Gasteiger partial charge in [-0.1, -0.05) is 325 Å². The van der Waals surface area contributed by atoms with Crippen LogP contribution in [0, 0.1) is 23.7 Å². The first-order valence-corrected chi connectivity index (χ1v) is 41.7. The lowest BCUT2D eigenvalue weighted by atomic mass is 10.00. The minimum Gasteiger partial charge on any atom is -0.462 e. The summed E-state index contributed by atoms with van der Waals surface area (Å²) in [6.45, 7) is 14.2. The van der Waals surface area contributed by atoms with Crippen molar-refractivity contribution in [3.05, 3.63) is 0 Å². The Morgan fingerprint density at radius 1 is 0.298 bits per heavy atom. The van der Waals surface area contributed by atoms with E-state index in [1.165, 1.54) is 173 Å². The summed E-state index contributed by atoms with van der Waals surface area (Å²) < 4.78 is 68.5. The van der Waals surface area contributed by atoms with Crippen LogP contribution in [-0.4, -0.2) is 96.7 Å². The summed E-state index contributed by atoms with van der Waals surface area (Å²) in [5, 5.41) is 10.6. The molecular weight excluding hydrogens is 1230 g/mol. The predicted molar refractivity (Wildman–Crippen MR) is 381 cm³/mol. The number of carbonyl (C=O) groups excluding carboxylic acids is 4. The standard InChI is InChI=1S/C75H146O17P2/c1-9-68(8)54-46-38-33-34-40-48-56-73(78)86-62-71(92-75(80)58-50-42-32-25-19-18-22-28-36-44-52-66(4)5)64-90-94(83,84)88-60-69(76)59-87-93(81,82)89-63-70(61-85-72(77)55-47-39-30-26-20-23-29-37-45-53-67(6)7)91-74(79)57-49-41-31-24-17-15-13-11-10-12-14-16-21-27-35-43-51-65(2)3/h65-71,76H,9-64H2,1-8H3,(H,81,82)(H,83,84)/t68?,69-,70-,71-/m1/s1. The second-order valence-electron chi connectivity index (χ2n) is 28.7. The van der Waals surface area contributed by atoms with E-state index in [1.807, 2.05) is 0 Å². The van der Waals surface area contributed by atoms with Gasteiger partial charge in [-0.25, -0.2) is 9.13 Å². The molecule has 19 heteroatoms. The molecule has 3 unspecified atom stereocenters. The van der Waals surface area contributed by atoms with E-state index in [1.54, 1.807) is 0 Å². The predicted octanol–water partition coefficient (Wildman–Crippen LogP) is 21.7. The molecule has 0 saturated carbocycles. The number of rotatable bonds is 72. The van der Waals surface area contributed by atoms with E-state index in [0.717, 1.165) is 120 Å². The van der Waals surface area contributed by atoms with Gasteiger partial charge in [0.2, 0.25) is 0 Å². The third-order valence-electron chi connectivity index (χ3n) is 17.7. The molecule has 0 aliphatic rings. The number of aliphatic hydroxyl groups is 1. The van der Waals surface area contributed by atoms with Crippen molar-refractivity contribution in [3.63, 3.8) is 0 Å². The molecule has 17 nitrogen and oxygen atoms in total. The van der Waals surface area contributed by atoms with E-state index in [-0.39, 0.29) is 25.7 Å². The van der Waals surface area contributed by atoms with Crippen molar-refractivity contribution in [1.82, 2.24) is 0 Å². The van der Waals surface area contributed by atoms with Gasteiger partial charge in [-0.15, -0.1) is 0 Å². The molecular formula is C75H146O17P2. The van der Waals surface area contributed by atoms with Crippen LogP contribution in [0.25, 0.3) is 0 Å². The van der Waals surface area contributed by atoms with Gasteiger partial charge in [0.25, 0.3) is 0 Å². The van der Waals surface area contributed by atoms with Crippen molar-refractivity contribution in [2.45, 2.75) is 395 Å². The number of aliphatic hydroxyl groups excluding tert-OH is 1. The number of ether oxygens (including phenoxy) is 4. The van der Waals surface area contributed by atoms with Gasteiger partial charge in [-0.05, 0) is 49.4 Å². The maximum absolute atomic E-state index is 13.1. The maximum atomic E-state index is 13.1. The Morgan fingerprint density at radius 3 is 0.755 bits per heavy atom. The summed E-state index contributed by atoms with van der Waals surface area (Å²) in [7, 11) is -9.91. The van der Waals surface area contributed by atoms with E-state index in [9.17, 15) is 43.2 Å². The zero-order valence-corrected chi connectivity index (χ0v) is 63.4. The summed E-state index contributed by atoms with van der Waals surface area (Å²) >= 11 is 0. The highest BCUT2D eigenvalue weighted by Gasteiger charge is 2.30. The Balaban J connectivity index is 5.23. The highest BCUT2D eigenvalue weighted by Crippen LogP contribution is 2.45. The molecule has 0 aliphatic carbocycles. The lowest BCUT2D eigenvalue weighted by Crippen LogP contribution is -2.30. The Hall–Kier alpha value is -1.94. The van der Waals surface area contributed by atoms with Crippen molar-refractivity contribution in [3.8, 4) is 0 Å². The molecule has 0 aromatic rings. The largest absolute Gasteiger partial charge is 0.472 e. The van der Waals surface area contributed by atoms with Gasteiger partial charge in [-0.2, -0.15) is 0 Å². The van der Waals surface area contributed by atoms with Crippen LogP contribution in [-0.2, 0) is 65.4 Å². The molecule has 0 aromatic heterocycles. The topological polar surface area (TPSA) is 237 Å². The second-order valence-corrected chi connectivity index (χ2v) is 31.6. The zero-order valence-electron chi connectivity index (χ0n) is 61.6. The van der Waals surface area contributed by atoms with Gasteiger partial charge in [0.15, 0.2) is 12.2 Å². The molecule has 0 aromatic carbocycles. The zero-order chi connectivity index (χ0) is 69.6. The summed E-state index contributed by atoms with van der Waals surface area (Å²) in [4.78, 5) is 72.7. The second kappa shape index (κ2) is 64.4. The van der Waals surface area contributed by atoms with Gasteiger partial charge in [0.1, 0.15) is 19.3 Å². The molecule has 6 atom stereocenters. The van der Waals surface area contributed by atoms with Crippen molar-refractivity contribution >= 4 is 39.5 Å². The molecule has 0 bridgehead atoms. The SMILES string of the molecule is CCC(C)CCCCCCCCC(=O)OC[C@H](COP(=O)(O)OC[C@H](O)COP(=O)(O)OC[C@@H](COC(=O)CCCCCCCCCCCC(C)C)OC(=O)CCCCCCCCCCCCCCCCCCC(C)C)OC(=O)CCCCCCCCCCCCC(C)C. The summed E-state index contributed by atoms with van der Waals surface area (Å²) in [6.07, 6.45) is 48.6. The monoisotopic (exact) mass is 1380 g/mol. The van der Waals surface area contributed by atoms with E-state index >= 15 is 0 Å². The molecule has 0 saturated heterocycles. The smallest absolute Gasteiger partial charge is 0.462 e. The van der Waals surface area contributed by atoms with Gasteiger partial charge < -0.3 is 33.8 Å². The molecule has 0 amide bonds. The molecule has 0 fully saturated rings. The first kappa shape index (κ1) is 92.1. The number of hydrogen-bond acceptors (Lipinski definition) is 15. The summed E-state index contributed by atoms with van der Waals surface area (Å²) in [5.74, 6) is 0.912. The fourth-order valence-corrected chi connectivity index (χ4v) is 12.9. The van der Waals surface area contributed by atoms with E-state index in [2.05, 4.69) is 55.4 Å². The molecule has 0 rings (SSSR count). The Kier molecular flexibility index (Phi) is 63.1. The van der Waals surface area contributed by atoms with Gasteiger partial charge in [0, 0.05) is 25.7 Å². The third-order valence-corrected chi connectivity index (χ3v) is 19.6. The van der Waals surface area contributed by atoms with Crippen molar-refractivity contribution in [1.29, 1.82) is 0 Å². The highest BCUT2D eigenvalue weighted by atomic mass is 31.2. The van der Waals surface area contributed by atoms with Crippen molar-refractivity contribution < 1.29 is 80.2 Å². The Labute approximate surface area is 575 Å². The minimum absolute atomic E-state index is 0.105. The number of phosphoric acid groups is 2. The van der Waals surface area contributed by atoms with Crippen LogP contribution < -0.4 is 0 Å². The Morgan fingerprint density at radius 2 is 0.511 bits per heavy atom. The quantitative estimate of drug-likeness (QED) is 0.0222. The summed E-state index contributed by atoms with van der Waals surface area (Å²) in [5.41, 5.74) is 0. The molecule has 94 heavy (non-hydrogen) atoms. The van der Waals surface area contributed by atoms with Gasteiger partial charge in [0.05, 0.1) is 26.4 Å². The average Bonchev–Trinajstić information content (AvgIpc) is 1.97. The van der Waals surface area contributed by atoms with Crippen LogP contribution in [0.2, 0.25) is 0 Å². The number of unbranched alkanes of at least 4 members (excludes halogenated alkanes) is 37. The molecule has 0 spiro atoms. The van der Waals surface area contributed by atoms with Crippen LogP contribution in [0.5, 0.6) is 0 Å². The normalized spacial score (nSPS) is 14.4. The molecule has 0 aliphatic heterocycles. The fourth-order valence-electron chi connectivity index (χ4n) is 11.3. The number of hydrogen-bond donors (Lipinski definition) is 3. The van der Waals surface area contributed by atoms with E-state index < -0.39 is 97.5 Å². The average molecular weight is 1380 g/mol. The maximum Gasteiger partial charge on any atom is 0.472 e. The molecule has 0 radical (unpaired) electrons. The molecule has 558 valence electrons. The van der Waals surface area contributed by atoms with Crippen LogP contribution in [0.3, 0.4) is 0 Å². The lowest BCUT2D eigenvalue weighted by Gasteiger charge is -2.21. The van der Waals surface area contributed by atoms with Gasteiger partial charge >= 0.3 is 39.5 Å².